The Morgan fingerprint density at radius 3 is 2.56 bits per heavy atom. The zero-order valence-corrected chi connectivity index (χ0v) is 10.1. The number of aromatic nitrogens is 2. The molecular weight excluding hydrogens is 202 g/mol. The number of nitrogen functional groups attached to an aromatic ring is 1. The number of anilines is 1. The average Bonchev–Trinajstić information content (AvgIpc) is 2.15. The van der Waals surface area contributed by atoms with Crippen LogP contribution in [0.5, 0.6) is 5.88 Å². The van der Waals surface area contributed by atoms with Gasteiger partial charge in [0.05, 0.1) is 0 Å². The van der Waals surface area contributed by atoms with E-state index in [9.17, 15) is 0 Å². The molecule has 0 aliphatic carbocycles. The highest BCUT2D eigenvalue weighted by atomic mass is 16.5. The minimum absolute atomic E-state index is 0.174. The second kappa shape index (κ2) is 4.40. The lowest BCUT2D eigenvalue weighted by Crippen LogP contribution is -2.19. The van der Waals surface area contributed by atoms with Gasteiger partial charge in [-0.05, 0) is 6.92 Å². The van der Waals surface area contributed by atoms with Crippen molar-refractivity contribution in [2.45, 2.75) is 39.2 Å². The molecule has 0 fully saturated rings. The first-order valence-electron chi connectivity index (χ1n) is 5.10. The quantitative estimate of drug-likeness (QED) is 0.770. The van der Waals surface area contributed by atoms with Gasteiger partial charge in [0.1, 0.15) is 11.6 Å². The van der Waals surface area contributed by atoms with Crippen molar-refractivity contribution >= 4 is 5.82 Å². The molecule has 0 aliphatic heterocycles. The van der Waals surface area contributed by atoms with Gasteiger partial charge >= 0.3 is 0 Å². The van der Waals surface area contributed by atoms with Gasteiger partial charge in [0.15, 0.2) is 6.10 Å². The number of hydrogen-bond acceptors (Lipinski definition) is 4. The highest BCUT2D eigenvalue weighted by Gasteiger charge is 2.19. The van der Waals surface area contributed by atoms with E-state index in [0.717, 1.165) is 0 Å². The van der Waals surface area contributed by atoms with Crippen LogP contribution in [0.15, 0.2) is 6.07 Å². The summed E-state index contributed by atoms with van der Waals surface area (Å²) >= 11 is 0. The normalized spacial score (nSPS) is 12.9. The molecule has 1 rings (SSSR count). The molecular formula is C12H17N3O. The molecule has 1 aromatic rings. The molecule has 1 unspecified atom stereocenters. The van der Waals surface area contributed by atoms with Gasteiger partial charge in [-0.3, -0.25) is 0 Å². The van der Waals surface area contributed by atoms with E-state index in [2.05, 4.69) is 15.9 Å². The summed E-state index contributed by atoms with van der Waals surface area (Å²) in [4.78, 5) is 8.46. The third-order valence-corrected chi connectivity index (χ3v) is 1.93. The van der Waals surface area contributed by atoms with Crippen molar-refractivity contribution in [3.63, 3.8) is 0 Å². The van der Waals surface area contributed by atoms with E-state index >= 15 is 0 Å². The number of nitrogens with zero attached hydrogens (tertiary/aromatic N) is 2. The van der Waals surface area contributed by atoms with Crippen LogP contribution in [0.2, 0.25) is 0 Å². The number of terminal acetylenes is 1. The van der Waals surface area contributed by atoms with Crippen LogP contribution in [0, 0.1) is 12.3 Å². The molecule has 1 heterocycles. The molecule has 0 spiro atoms. The lowest BCUT2D eigenvalue weighted by molar-refractivity contribution is 0.265. The Labute approximate surface area is 96.2 Å². The fourth-order valence-corrected chi connectivity index (χ4v) is 1.05. The molecule has 0 saturated heterocycles. The largest absolute Gasteiger partial charge is 0.461 e. The van der Waals surface area contributed by atoms with Crippen LogP contribution < -0.4 is 10.5 Å². The van der Waals surface area contributed by atoms with E-state index in [4.69, 9.17) is 16.9 Å². The second-order valence-electron chi connectivity index (χ2n) is 4.63. The number of hydrogen-bond donors (Lipinski definition) is 1. The molecule has 4 nitrogen and oxygen atoms in total. The van der Waals surface area contributed by atoms with Crippen LogP contribution in [-0.2, 0) is 5.41 Å². The topological polar surface area (TPSA) is 61.0 Å². The van der Waals surface area contributed by atoms with Gasteiger partial charge in [-0.15, -0.1) is 6.42 Å². The van der Waals surface area contributed by atoms with E-state index in [1.54, 1.807) is 13.0 Å². The molecule has 86 valence electrons. The summed E-state index contributed by atoms with van der Waals surface area (Å²) in [6, 6.07) is 1.57. The first-order chi connectivity index (χ1) is 7.32. The maximum Gasteiger partial charge on any atom is 0.219 e. The predicted octanol–water partition coefficient (Wildman–Crippen LogP) is 1.76. The summed E-state index contributed by atoms with van der Waals surface area (Å²) < 4.78 is 5.41. The van der Waals surface area contributed by atoms with Crippen molar-refractivity contribution in [1.29, 1.82) is 0 Å². The molecule has 0 aliphatic rings. The van der Waals surface area contributed by atoms with Gasteiger partial charge in [-0.2, -0.15) is 4.98 Å². The zero-order valence-electron chi connectivity index (χ0n) is 10.1. The maximum absolute atomic E-state index is 5.69. The van der Waals surface area contributed by atoms with Crippen molar-refractivity contribution in [2.24, 2.45) is 0 Å². The Hall–Kier alpha value is -1.76. The van der Waals surface area contributed by atoms with Crippen LogP contribution in [0.4, 0.5) is 5.82 Å². The SMILES string of the molecule is C#CC(C)Oc1cc(N)nc(C(C)(C)C)n1. The lowest BCUT2D eigenvalue weighted by Gasteiger charge is -2.18. The lowest BCUT2D eigenvalue weighted by atomic mass is 9.96. The van der Waals surface area contributed by atoms with Crippen molar-refractivity contribution in [1.82, 2.24) is 9.97 Å². The minimum Gasteiger partial charge on any atom is -0.461 e. The van der Waals surface area contributed by atoms with Gasteiger partial charge in [-0.1, -0.05) is 26.7 Å². The van der Waals surface area contributed by atoms with Crippen LogP contribution in [-0.4, -0.2) is 16.1 Å². The van der Waals surface area contributed by atoms with Crippen LogP contribution >= 0.6 is 0 Å². The molecule has 0 amide bonds. The number of nitrogens with two attached hydrogens (primary N) is 1. The highest BCUT2D eigenvalue weighted by Crippen LogP contribution is 2.22. The molecule has 2 N–H and O–H groups in total. The Morgan fingerprint density at radius 2 is 2.06 bits per heavy atom. The van der Waals surface area contributed by atoms with E-state index in [1.807, 2.05) is 20.8 Å². The number of ether oxygens (including phenoxy) is 1. The summed E-state index contributed by atoms with van der Waals surface area (Å²) in [6.45, 7) is 7.80. The molecule has 1 atom stereocenters. The molecule has 16 heavy (non-hydrogen) atoms. The molecule has 4 heteroatoms. The van der Waals surface area contributed by atoms with Crippen molar-refractivity contribution in [2.75, 3.05) is 5.73 Å². The van der Waals surface area contributed by atoms with E-state index in [0.29, 0.717) is 17.5 Å². The van der Waals surface area contributed by atoms with Crippen molar-refractivity contribution < 1.29 is 4.74 Å². The van der Waals surface area contributed by atoms with E-state index in [1.165, 1.54) is 0 Å². The highest BCUT2D eigenvalue weighted by molar-refractivity contribution is 5.34. The Morgan fingerprint density at radius 1 is 1.44 bits per heavy atom. The van der Waals surface area contributed by atoms with Crippen LogP contribution in [0.3, 0.4) is 0 Å². The monoisotopic (exact) mass is 219 g/mol. The molecule has 0 bridgehead atoms. The molecule has 0 saturated carbocycles. The van der Waals surface area contributed by atoms with E-state index in [-0.39, 0.29) is 11.5 Å². The summed E-state index contributed by atoms with van der Waals surface area (Å²) in [5.74, 6) is 3.92. The van der Waals surface area contributed by atoms with E-state index < -0.39 is 0 Å². The molecule has 0 radical (unpaired) electrons. The van der Waals surface area contributed by atoms with Crippen LogP contribution in [0.25, 0.3) is 0 Å². The first-order valence-corrected chi connectivity index (χ1v) is 5.10. The Kier molecular flexibility index (Phi) is 3.38. The van der Waals surface area contributed by atoms with Crippen molar-refractivity contribution in [3.8, 4) is 18.2 Å². The Bertz CT molecular complexity index is 415. The van der Waals surface area contributed by atoms with Crippen LogP contribution in [0.1, 0.15) is 33.5 Å². The smallest absolute Gasteiger partial charge is 0.219 e. The first kappa shape index (κ1) is 12.3. The average molecular weight is 219 g/mol. The second-order valence-corrected chi connectivity index (χ2v) is 4.63. The third-order valence-electron chi connectivity index (χ3n) is 1.93. The van der Waals surface area contributed by atoms with Crippen molar-refractivity contribution in [3.05, 3.63) is 11.9 Å². The summed E-state index contributed by atoms with van der Waals surface area (Å²) in [6.07, 6.45) is 4.90. The summed E-state index contributed by atoms with van der Waals surface area (Å²) in [5.41, 5.74) is 5.52. The van der Waals surface area contributed by atoms with Gasteiger partial charge in [0.25, 0.3) is 0 Å². The van der Waals surface area contributed by atoms with Gasteiger partial charge in [0, 0.05) is 11.5 Å². The molecule has 1 aromatic heterocycles. The van der Waals surface area contributed by atoms with Gasteiger partial charge in [-0.25, -0.2) is 4.98 Å². The standard InChI is InChI=1S/C12H17N3O/c1-6-8(2)16-10-7-9(13)14-11(15-10)12(3,4)5/h1,7-8H,2-5H3,(H2,13,14,15). The fourth-order valence-electron chi connectivity index (χ4n) is 1.05. The summed E-state index contributed by atoms with van der Waals surface area (Å²) in [5, 5.41) is 0. The molecule has 0 aromatic carbocycles. The maximum atomic E-state index is 5.69. The number of rotatable bonds is 2. The minimum atomic E-state index is -0.331. The van der Waals surface area contributed by atoms with Gasteiger partial charge in [0.2, 0.25) is 5.88 Å². The van der Waals surface area contributed by atoms with Gasteiger partial charge < -0.3 is 10.5 Å². The Balaban J connectivity index is 3.05. The third kappa shape index (κ3) is 3.13. The summed E-state index contributed by atoms with van der Waals surface area (Å²) in [7, 11) is 0. The fraction of sp³-hybridized carbons (Fsp3) is 0.500. The predicted molar refractivity (Wildman–Crippen MR) is 64.1 cm³/mol. The zero-order chi connectivity index (χ0) is 12.3.